The van der Waals surface area contributed by atoms with Crippen molar-refractivity contribution < 1.29 is 4.42 Å². The van der Waals surface area contributed by atoms with Crippen LogP contribution in [0.15, 0.2) is 35.5 Å². The van der Waals surface area contributed by atoms with Gasteiger partial charge in [-0.15, -0.1) is 6.58 Å². The number of nitrogens with one attached hydrogen (secondary N) is 1. The summed E-state index contributed by atoms with van der Waals surface area (Å²) in [5.41, 5.74) is 0. The number of hydrogen-bond acceptors (Lipinski definition) is 2. The Kier molecular flexibility index (Phi) is 2.77. The average molecular weight is 137 g/mol. The van der Waals surface area contributed by atoms with Crippen LogP contribution in [-0.4, -0.2) is 6.54 Å². The van der Waals surface area contributed by atoms with Crippen molar-refractivity contribution in [1.82, 2.24) is 5.32 Å². The Bertz CT molecular complexity index is 179. The third kappa shape index (κ3) is 2.07. The second-order valence-electron chi connectivity index (χ2n) is 2.00. The van der Waals surface area contributed by atoms with Crippen LogP contribution in [0.2, 0.25) is 0 Å². The monoisotopic (exact) mass is 137 g/mol. The van der Waals surface area contributed by atoms with Crippen LogP contribution in [0.5, 0.6) is 0 Å². The molecule has 0 radical (unpaired) electrons. The summed E-state index contributed by atoms with van der Waals surface area (Å²) in [6.45, 7) is 5.18. The molecule has 10 heavy (non-hydrogen) atoms. The van der Waals surface area contributed by atoms with Crippen molar-refractivity contribution in [3.63, 3.8) is 0 Å². The van der Waals surface area contributed by atoms with Crippen molar-refractivity contribution in [3.05, 3.63) is 36.8 Å². The van der Waals surface area contributed by atoms with Gasteiger partial charge in [0, 0.05) is 6.54 Å². The predicted molar refractivity (Wildman–Crippen MR) is 40.6 cm³/mol. The molecule has 0 saturated carbocycles. The molecule has 1 aromatic rings. The van der Waals surface area contributed by atoms with Gasteiger partial charge in [-0.2, -0.15) is 0 Å². The largest absolute Gasteiger partial charge is 0.468 e. The molecule has 0 aliphatic heterocycles. The first-order valence-electron chi connectivity index (χ1n) is 3.27. The average Bonchev–Trinajstić information content (AvgIpc) is 2.41. The molecule has 2 heteroatoms. The van der Waals surface area contributed by atoms with E-state index in [9.17, 15) is 0 Å². The van der Waals surface area contributed by atoms with E-state index in [1.54, 1.807) is 6.26 Å². The van der Waals surface area contributed by atoms with E-state index < -0.39 is 0 Å². The van der Waals surface area contributed by atoms with E-state index in [0.29, 0.717) is 0 Å². The summed E-state index contributed by atoms with van der Waals surface area (Å²) >= 11 is 0. The molecule has 0 bridgehead atoms. The lowest BCUT2D eigenvalue weighted by Gasteiger charge is -1.95. The molecule has 54 valence electrons. The Labute approximate surface area is 60.5 Å². The summed E-state index contributed by atoms with van der Waals surface area (Å²) in [6.07, 6.45) is 3.49. The van der Waals surface area contributed by atoms with E-state index in [0.717, 1.165) is 18.8 Å². The molecule has 1 N–H and O–H groups in total. The summed E-state index contributed by atoms with van der Waals surface area (Å²) in [4.78, 5) is 0. The van der Waals surface area contributed by atoms with Crippen molar-refractivity contribution in [3.8, 4) is 0 Å². The summed E-state index contributed by atoms with van der Waals surface area (Å²) in [5, 5.41) is 3.13. The molecule has 0 aliphatic rings. The van der Waals surface area contributed by atoms with Gasteiger partial charge in [-0.1, -0.05) is 6.08 Å². The van der Waals surface area contributed by atoms with E-state index in [4.69, 9.17) is 4.42 Å². The van der Waals surface area contributed by atoms with Crippen molar-refractivity contribution in [2.24, 2.45) is 0 Å². The van der Waals surface area contributed by atoms with Gasteiger partial charge in [0.05, 0.1) is 12.8 Å². The van der Waals surface area contributed by atoms with Gasteiger partial charge in [0.15, 0.2) is 0 Å². The topological polar surface area (TPSA) is 25.2 Å². The molecule has 0 spiro atoms. The van der Waals surface area contributed by atoms with Crippen LogP contribution in [0.1, 0.15) is 5.76 Å². The van der Waals surface area contributed by atoms with Crippen LogP contribution in [-0.2, 0) is 6.54 Å². The van der Waals surface area contributed by atoms with E-state index >= 15 is 0 Å². The fraction of sp³-hybridized carbons (Fsp3) is 0.250. The van der Waals surface area contributed by atoms with E-state index in [1.807, 2.05) is 18.2 Å². The van der Waals surface area contributed by atoms with Gasteiger partial charge in [0.2, 0.25) is 0 Å². The van der Waals surface area contributed by atoms with E-state index in [1.165, 1.54) is 0 Å². The smallest absolute Gasteiger partial charge is 0.117 e. The summed E-state index contributed by atoms with van der Waals surface area (Å²) in [7, 11) is 0. The minimum absolute atomic E-state index is 0.777. The van der Waals surface area contributed by atoms with Gasteiger partial charge in [-0.05, 0) is 12.1 Å². The molecule has 0 unspecified atom stereocenters. The van der Waals surface area contributed by atoms with E-state index in [-0.39, 0.29) is 0 Å². The molecule has 0 atom stereocenters. The minimum atomic E-state index is 0.777. The Morgan fingerprint density at radius 2 is 2.60 bits per heavy atom. The van der Waals surface area contributed by atoms with Crippen LogP contribution < -0.4 is 5.32 Å². The molecule has 0 aliphatic carbocycles. The number of rotatable bonds is 4. The third-order valence-electron chi connectivity index (χ3n) is 1.17. The van der Waals surface area contributed by atoms with E-state index in [2.05, 4.69) is 11.9 Å². The first kappa shape index (κ1) is 7.09. The second kappa shape index (κ2) is 3.90. The van der Waals surface area contributed by atoms with Gasteiger partial charge in [-0.25, -0.2) is 0 Å². The van der Waals surface area contributed by atoms with Crippen LogP contribution in [0, 0.1) is 0 Å². The molecule has 2 nitrogen and oxygen atoms in total. The molecule has 1 rings (SSSR count). The molecular weight excluding hydrogens is 126 g/mol. The normalized spacial score (nSPS) is 9.60. The standard InChI is InChI=1S/C8H11NO/c1-2-5-9-7-8-4-3-6-10-8/h2-4,6,9H,1,5,7H2. The highest BCUT2D eigenvalue weighted by molar-refractivity contribution is 4.97. The maximum absolute atomic E-state index is 5.08. The van der Waals surface area contributed by atoms with Crippen LogP contribution in [0.3, 0.4) is 0 Å². The first-order valence-corrected chi connectivity index (χ1v) is 3.27. The Morgan fingerprint density at radius 3 is 3.20 bits per heavy atom. The maximum Gasteiger partial charge on any atom is 0.117 e. The number of hydrogen-bond donors (Lipinski definition) is 1. The van der Waals surface area contributed by atoms with Gasteiger partial charge in [0.25, 0.3) is 0 Å². The lowest BCUT2D eigenvalue weighted by atomic mass is 10.4. The van der Waals surface area contributed by atoms with Gasteiger partial charge >= 0.3 is 0 Å². The Hall–Kier alpha value is -1.02. The zero-order valence-corrected chi connectivity index (χ0v) is 5.84. The highest BCUT2D eigenvalue weighted by atomic mass is 16.3. The molecule has 1 heterocycles. The third-order valence-corrected chi connectivity index (χ3v) is 1.17. The fourth-order valence-corrected chi connectivity index (χ4v) is 0.711. The second-order valence-corrected chi connectivity index (χ2v) is 2.00. The lowest BCUT2D eigenvalue weighted by molar-refractivity contribution is 0.490. The van der Waals surface area contributed by atoms with Crippen molar-refractivity contribution in [2.75, 3.05) is 6.54 Å². The molecule has 0 aromatic carbocycles. The fourth-order valence-electron chi connectivity index (χ4n) is 0.711. The molecule has 0 fully saturated rings. The summed E-state index contributed by atoms with van der Waals surface area (Å²) < 4.78 is 5.08. The summed E-state index contributed by atoms with van der Waals surface area (Å²) in [5.74, 6) is 0.960. The van der Waals surface area contributed by atoms with Gasteiger partial charge < -0.3 is 9.73 Å². The number of furan rings is 1. The quantitative estimate of drug-likeness (QED) is 0.503. The van der Waals surface area contributed by atoms with Gasteiger partial charge in [0.1, 0.15) is 5.76 Å². The van der Waals surface area contributed by atoms with Crippen LogP contribution >= 0.6 is 0 Å². The molecule has 0 amide bonds. The predicted octanol–water partition coefficient (Wildman–Crippen LogP) is 1.56. The maximum atomic E-state index is 5.08. The lowest BCUT2D eigenvalue weighted by Crippen LogP contribution is -2.11. The Balaban J connectivity index is 2.21. The van der Waals surface area contributed by atoms with Crippen LogP contribution in [0.4, 0.5) is 0 Å². The van der Waals surface area contributed by atoms with Crippen molar-refractivity contribution in [2.45, 2.75) is 6.54 Å². The Morgan fingerprint density at radius 1 is 1.70 bits per heavy atom. The van der Waals surface area contributed by atoms with Crippen LogP contribution in [0.25, 0.3) is 0 Å². The molecule has 0 saturated heterocycles. The van der Waals surface area contributed by atoms with Crippen molar-refractivity contribution >= 4 is 0 Å². The summed E-state index contributed by atoms with van der Waals surface area (Å²) in [6, 6.07) is 3.82. The SMILES string of the molecule is C=CCNCc1ccco1. The zero-order valence-electron chi connectivity index (χ0n) is 5.84. The first-order chi connectivity index (χ1) is 4.93. The van der Waals surface area contributed by atoms with Crippen molar-refractivity contribution in [1.29, 1.82) is 0 Å². The highest BCUT2D eigenvalue weighted by Gasteiger charge is 1.90. The highest BCUT2D eigenvalue weighted by Crippen LogP contribution is 1.97. The molecule has 1 aromatic heterocycles. The van der Waals surface area contributed by atoms with Gasteiger partial charge in [-0.3, -0.25) is 0 Å². The zero-order chi connectivity index (χ0) is 7.23. The minimum Gasteiger partial charge on any atom is -0.468 e. The molecular formula is C8H11NO.